The average Bonchev–Trinajstić information content (AvgIpc) is 2.77. The summed E-state index contributed by atoms with van der Waals surface area (Å²) in [5.41, 5.74) is 1.66. The molecule has 0 radical (unpaired) electrons. The Labute approximate surface area is 188 Å². The van der Waals surface area contributed by atoms with Crippen LogP contribution in [0.1, 0.15) is 24.2 Å². The fourth-order valence-corrected chi connectivity index (χ4v) is 3.66. The predicted octanol–water partition coefficient (Wildman–Crippen LogP) is 1.58. The molecule has 11 heteroatoms. The lowest BCUT2D eigenvalue weighted by Crippen LogP contribution is -2.68. The van der Waals surface area contributed by atoms with E-state index in [4.69, 9.17) is 23.1 Å². The number of ether oxygens (including phenoxy) is 1. The van der Waals surface area contributed by atoms with Crippen LogP contribution in [0.4, 0.5) is 17.6 Å². The van der Waals surface area contributed by atoms with E-state index in [0.29, 0.717) is 12.2 Å². The number of fused-ring (bicyclic) bond motifs is 1. The Hall–Kier alpha value is -2.76. The van der Waals surface area contributed by atoms with Gasteiger partial charge in [0, 0.05) is 5.56 Å². The van der Waals surface area contributed by atoms with Gasteiger partial charge in [0.05, 0.1) is 25.2 Å². The van der Waals surface area contributed by atoms with Gasteiger partial charge in [-0.1, -0.05) is 30.3 Å². The monoisotopic (exact) mass is 488 g/mol. The van der Waals surface area contributed by atoms with Crippen molar-refractivity contribution >= 4 is 0 Å². The highest BCUT2D eigenvalue weighted by Crippen LogP contribution is 2.40. The van der Waals surface area contributed by atoms with E-state index in [1.165, 1.54) is 6.07 Å². The highest BCUT2D eigenvalue weighted by atomic mass is 35.7. The third-order valence-electron chi connectivity index (χ3n) is 5.01. The van der Waals surface area contributed by atoms with Crippen LogP contribution in [-0.2, 0) is 12.8 Å². The molecule has 0 amide bonds. The molecule has 33 heavy (non-hydrogen) atoms. The Morgan fingerprint density at radius 3 is 1.94 bits per heavy atom. The summed E-state index contributed by atoms with van der Waals surface area (Å²) < 4.78 is 102. The highest BCUT2D eigenvalue weighted by molar-refractivity contribution is 5.74. The van der Waals surface area contributed by atoms with Crippen LogP contribution in [0.2, 0.25) is 0 Å². The van der Waals surface area contributed by atoms with E-state index < -0.39 is 44.8 Å². The lowest BCUT2D eigenvalue weighted by Gasteiger charge is -2.17. The van der Waals surface area contributed by atoms with Crippen molar-refractivity contribution in [1.82, 2.24) is 0 Å². The molecule has 0 N–H and O–H groups in total. The topological polar surface area (TPSA) is 113 Å². The van der Waals surface area contributed by atoms with Gasteiger partial charge in [0.2, 0.25) is 11.6 Å². The second kappa shape index (κ2) is 10.0. The number of rotatable bonds is 3. The van der Waals surface area contributed by atoms with E-state index in [-0.39, 0.29) is 5.76 Å². The average molecular weight is 489 g/mol. The van der Waals surface area contributed by atoms with Crippen molar-refractivity contribution in [3.05, 3.63) is 71.0 Å². The number of hydrogen-bond acceptors (Lipinski definition) is 5. The van der Waals surface area contributed by atoms with Gasteiger partial charge in [-0.05, 0) is 24.8 Å². The Balaban J connectivity index is 0.000000555. The standard InChI is InChI=1S/C22H17F4O2.ClHO4/c1-27-22-20(25)18(23)17(19(24)21(22)26)16-11-14(12-7-3-2-4-8-12)13-9-5-6-10-15(13)28-16;2-1(3,4)5/h2-4,7-8,11H,5-6,9-10H2,1H3;(H,2,3,4,5)/q+1;/p-1. The molecule has 0 spiro atoms. The van der Waals surface area contributed by atoms with Crippen LogP contribution in [0.5, 0.6) is 5.75 Å². The molecule has 1 aromatic heterocycles. The maximum Gasteiger partial charge on any atom is 0.367 e. The summed E-state index contributed by atoms with van der Waals surface area (Å²) in [6, 6.07) is 10.8. The van der Waals surface area contributed by atoms with Crippen LogP contribution >= 0.6 is 0 Å². The highest BCUT2D eigenvalue weighted by Gasteiger charge is 2.35. The predicted molar refractivity (Wildman–Crippen MR) is 97.0 cm³/mol. The quantitative estimate of drug-likeness (QED) is 0.314. The van der Waals surface area contributed by atoms with Gasteiger partial charge in [-0.25, -0.2) is 31.8 Å². The summed E-state index contributed by atoms with van der Waals surface area (Å²) >= 11 is 0. The van der Waals surface area contributed by atoms with Gasteiger partial charge in [0.15, 0.2) is 22.9 Å². The maximum atomic E-state index is 14.6. The lowest BCUT2D eigenvalue weighted by molar-refractivity contribution is -2.00. The van der Waals surface area contributed by atoms with Crippen molar-refractivity contribution in [3.8, 4) is 28.2 Å². The van der Waals surface area contributed by atoms with Crippen LogP contribution in [0.3, 0.4) is 0 Å². The molecule has 1 aliphatic carbocycles. The molecular weight excluding hydrogens is 472 g/mol. The molecule has 4 rings (SSSR count). The van der Waals surface area contributed by atoms with Gasteiger partial charge in [0.1, 0.15) is 0 Å². The zero-order valence-corrected chi connectivity index (χ0v) is 17.9. The number of methoxy groups -OCH3 is 1. The third-order valence-corrected chi connectivity index (χ3v) is 5.01. The molecule has 0 bridgehead atoms. The first-order valence-corrected chi connectivity index (χ1v) is 10.8. The van der Waals surface area contributed by atoms with E-state index in [1.54, 1.807) is 0 Å². The molecule has 0 saturated heterocycles. The van der Waals surface area contributed by atoms with Crippen LogP contribution in [0.25, 0.3) is 22.5 Å². The maximum absolute atomic E-state index is 14.6. The first-order chi connectivity index (χ1) is 15.5. The van der Waals surface area contributed by atoms with Crippen molar-refractivity contribution in [1.29, 1.82) is 0 Å². The van der Waals surface area contributed by atoms with Crippen LogP contribution in [-0.4, -0.2) is 7.11 Å². The van der Waals surface area contributed by atoms with E-state index in [9.17, 15) is 17.6 Å². The second-order valence-electron chi connectivity index (χ2n) is 7.04. The molecule has 0 aliphatic heterocycles. The minimum atomic E-state index is -4.94. The third kappa shape index (κ3) is 5.60. The summed E-state index contributed by atoms with van der Waals surface area (Å²) in [5, 5.41) is 0. The van der Waals surface area contributed by atoms with E-state index in [0.717, 1.165) is 43.1 Å². The van der Waals surface area contributed by atoms with Gasteiger partial charge in [-0.2, -0.15) is 8.78 Å². The van der Waals surface area contributed by atoms with E-state index in [2.05, 4.69) is 4.74 Å². The molecule has 6 nitrogen and oxygen atoms in total. The molecule has 0 atom stereocenters. The largest absolute Gasteiger partial charge is 0.491 e. The molecule has 3 aromatic rings. The number of aryl methyl sites for hydroxylation is 1. The second-order valence-corrected chi connectivity index (χ2v) is 7.80. The van der Waals surface area contributed by atoms with Crippen LogP contribution in [0, 0.1) is 33.5 Å². The van der Waals surface area contributed by atoms with E-state index >= 15 is 0 Å². The van der Waals surface area contributed by atoms with Gasteiger partial charge < -0.3 is 4.74 Å². The fourth-order valence-electron chi connectivity index (χ4n) is 3.66. The Kier molecular flexibility index (Phi) is 7.55. The zero-order valence-electron chi connectivity index (χ0n) is 17.1. The van der Waals surface area contributed by atoms with Crippen LogP contribution < -0.4 is 23.4 Å². The fraction of sp³-hybridized carbons (Fsp3) is 0.227. The smallest absolute Gasteiger partial charge is 0.367 e. The Bertz CT molecular complexity index is 1120. The number of benzene rings is 2. The summed E-state index contributed by atoms with van der Waals surface area (Å²) in [6.45, 7) is 0. The SMILES string of the molecule is COc1c(F)c(F)c(-c2cc(-c3ccccc3)c3c([o+]2)CCCC3)c(F)c1F.[O-][Cl+3]([O-])([O-])[O-]. The molecule has 0 unspecified atom stereocenters. The summed E-state index contributed by atoms with van der Waals surface area (Å²) in [6.07, 6.45) is 3.19. The first-order valence-electron chi connectivity index (χ1n) is 9.59. The Morgan fingerprint density at radius 1 is 0.848 bits per heavy atom. The lowest BCUT2D eigenvalue weighted by atomic mass is 9.89. The minimum Gasteiger partial charge on any atom is -0.491 e. The molecule has 1 heterocycles. The van der Waals surface area contributed by atoms with Crippen molar-refractivity contribution in [2.75, 3.05) is 7.11 Å². The van der Waals surface area contributed by atoms with Crippen molar-refractivity contribution < 1.29 is 55.6 Å². The minimum absolute atomic E-state index is 0.255. The van der Waals surface area contributed by atoms with Gasteiger partial charge in [0.25, 0.3) is 0 Å². The molecular formula is C22H17ClF4O6. The first kappa shape index (κ1) is 24.9. The van der Waals surface area contributed by atoms with Crippen molar-refractivity contribution in [2.24, 2.45) is 0 Å². The summed E-state index contributed by atoms with van der Waals surface area (Å²) in [7, 11) is -4.00. The van der Waals surface area contributed by atoms with Gasteiger partial charge in [-0.15, -0.1) is 10.2 Å². The normalized spacial score (nSPS) is 13.1. The summed E-state index contributed by atoms with van der Waals surface area (Å²) in [5.74, 6) is -7.05. The number of halogens is 5. The van der Waals surface area contributed by atoms with Crippen LogP contribution in [0.15, 0.2) is 40.8 Å². The van der Waals surface area contributed by atoms with Gasteiger partial charge in [-0.3, -0.25) is 0 Å². The molecule has 176 valence electrons. The van der Waals surface area contributed by atoms with E-state index in [1.807, 2.05) is 30.3 Å². The summed E-state index contributed by atoms with van der Waals surface area (Å²) in [4.78, 5) is 0. The zero-order chi connectivity index (χ0) is 24.3. The number of hydrogen-bond donors (Lipinski definition) is 0. The van der Waals surface area contributed by atoms with Crippen molar-refractivity contribution in [2.45, 2.75) is 25.7 Å². The molecule has 2 aromatic carbocycles. The Morgan fingerprint density at radius 2 is 1.39 bits per heavy atom. The van der Waals surface area contributed by atoms with Crippen molar-refractivity contribution in [3.63, 3.8) is 0 Å². The molecule has 0 saturated carbocycles. The van der Waals surface area contributed by atoms with Gasteiger partial charge >= 0.3 is 11.5 Å². The molecule has 1 aliphatic rings. The molecule has 0 fully saturated rings.